The predicted molar refractivity (Wildman–Crippen MR) is 57.7 cm³/mol. The van der Waals surface area contributed by atoms with E-state index in [1.165, 1.54) is 5.69 Å². The lowest BCUT2D eigenvalue weighted by molar-refractivity contribution is 0.733. The topological polar surface area (TPSA) is 43.8 Å². The zero-order valence-corrected chi connectivity index (χ0v) is 9.05. The van der Waals surface area contributed by atoms with Gasteiger partial charge >= 0.3 is 0 Å². The second-order valence-electron chi connectivity index (χ2n) is 3.03. The van der Waals surface area contributed by atoms with Crippen LogP contribution in [0.1, 0.15) is 19.5 Å². The number of imidazole rings is 1. The van der Waals surface area contributed by atoms with Gasteiger partial charge in [-0.25, -0.2) is 4.98 Å². The molecule has 0 radical (unpaired) electrons. The third-order valence-electron chi connectivity index (χ3n) is 1.99. The summed E-state index contributed by atoms with van der Waals surface area (Å²) in [5.41, 5.74) is 6.82. The number of hydrogen-bond donors (Lipinski definition) is 1. The van der Waals surface area contributed by atoms with Crippen molar-refractivity contribution >= 4 is 11.8 Å². The first kappa shape index (κ1) is 10.6. The Morgan fingerprint density at radius 2 is 2.46 bits per heavy atom. The molecule has 0 saturated carbocycles. The molecule has 4 heteroatoms. The molecule has 74 valence electrons. The van der Waals surface area contributed by atoms with Crippen molar-refractivity contribution in [2.45, 2.75) is 31.4 Å². The van der Waals surface area contributed by atoms with E-state index in [0.717, 1.165) is 18.8 Å². The fourth-order valence-corrected chi connectivity index (χ4v) is 1.88. The van der Waals surface area contributed by atoms with Gasteiger partial charge in [0.05, 0.1) is 6.33 Å². The molecule has 0 amide bonds. The second kappa shape index (κ2) is 5.29. The van der Waals surface area contributed by atoms with Gasteiger partial charge in [0, 0.05) is 36.0 Å². The molecule has 0 bridgehead atoms. The van der Waals surface area contributed by atoms with Gasteiger partial charge < -0.3 is 10.3 Å². The molecular weight excluding hydrogens is 182 g/mol. The highest BCUT2D eigenvalue weighted by Gasteiger charge is 2.03. The molecule has 0 spiro atoms. The Balaban J connectivity index is 2.44. The molecule has 0 aliphatic carbocycles. The smallest absolute Gasteiger partial charge is 0.0948 e. The number of aryl methyl sites for hydroxylation is 1. The van der Waals surface area contributed by atoms with E-state index in [2.05, 4.69) is 23.4 Å². The van der Waals surface area contributed by atoms with E-state index < -0.39 is 0 Å². The average Bonchev–Trinajstić information content (AvgIpc) is 2.61. The largest absolute Gasteiger partial charge is 0.334 e. The van der Waals surface area contributed by atoms with E-state index in [-0.39, 0.29) is 0 Å². The van der Waals surface area contributed by atoms with Crippen LogP contribution in [0.15, 0.2) is 12.5 Å². The summed E-state index contributed by atoms with van der Waals surface area (Å²) in [5.74, 6) is 1.01. The van der Waals surface area contributed by atoms with Crippen molar-refractivity contribution in [3.8, 4) is 0 Å². The molecule has 1 rings (SSSR count). The standard InChI is InChI=1S/C9H17N3S/c1-3-12-7-11-5-9(12)6-13-8(2)4-10/h5,7-8H,3-4,6,10H2,1-2H3. The van der Waals surface area contributed by atoms with Crippen molar-refractivity contribution in [3.63, 3.8) is 0 Å². The van der Waals surface area contributed by atoms with Crippen LogP contribution in [0, 0.1) is 0 Å². The number of hydrogen-bond acceptors (Lipinski definition) is 3. The third-order valence-corrected chi connectivity index (χ3v) is 3.21. The monoisotopic (exact) mass is 199 g/mol. The summed E-state index contributed by atoms with van der Waals surface area (Å²) in [5, 5.41) is 0.528. The van der Waals surface area contributed by atoms with Gasteiger partial charge in [0.1, 0.15) is 0 Å². The summed E-state index contributed by atoms with van der Waals surface area (Å²) >= 11 is 1.88. The average molecular weight is 199 g/mol. The SMILES string of the molecule is CCn1cncc1CSC(C)CN. The van der Waals surface area contributed by atoms with Crippen molar-refractivity contribution in [2.75, 3.05) is 6.54 Å². The Bertz CT molecular complexity index is 247. The summed E-state index contributed by atoms with van der Waals surface area (Å²) in [6.07, 6.45) is 3.81. The molecular formula is C9H17N3S. The highest BCUT2D eigenvalue weighted by Crippen LogP contribution is 2.16. The summed E-state index contributed by atoms with van der Waals surface area (Å²) in [6, 6.07) is 0. The van der Waals surface area contributed by atoms with Crippen LogP contribution in [0.2, 0.25) is 0 Å². The fraction of sp³-hybridized carbons (Fsp3) is 0.667. The van der Waals surface area contributed by atoms with Crippen molar-refractivity contribution < 1.29 is 0 Å². The van der Waals surface area contributed by atoms with Gasteiger partial charge in [-0.3, -0.25) is 0 Å². The number of thioether (sulfide) groups is 1. The summed E-state index contributed by atoms with van der Waals surface area (Å²) in [6.45, 7) is 6.01. The summed E-state index contributed by atoms with van der Waals surface area (Å²) < 4.78 is 2.16. The second-order valence-corrected chi connectivity index (χ2v) is 4.46. The molecule has 1 atom stereocenters. The van der Waals surface area contributed by atoms with E-state index >= 15 is 0 Å². The lowest BCUT2D eigenvalue weighted by atomic mass is 10.5. The van der Waals surface area contributed by atoms with Crippen LogP contribution < -0.4 is 5.73 Å². The van der Waals surface area contributed by atoms with Gasteiger partial charge in [-0.05, 0) is 6.92 Å². The van der Waals surface area contributed by atoms with E-state index in [9.17, 15) is 0 Å². The van der Waals surface area contributed by atoms with Crippen LogP contribution in [0.3, 0.4) is 0 Å². The van der Waals surface area contributed by atoms with E-state index in [0.29, 0.717) is 5.25 Å². The Kier molecular flexibility index (Phi) is 4.32. The molecule has 1 aromatic rings. The van der Waals surface area contributed by atoms with E-state index in [1.807, 2.05) is 24.3 Å². The Hall–Kier alpha value is -0.480. The zero-order valence-electron chi connectivity index (χ0n) is 8.23. The van der Waals surface area contributed by atoms with Crippen molar-refractivity contribution in [3.05, 3.63) is 18.2 Å². The molecule has 0 fully saturated rings. The quantitative estimate of drug-likeness (QED) is 0.781. The van der Waals surface area contributed by atoms with Gasteiger partial charge in [-0.15, -0.1) is 0 Å². The van der Waals surface area contributed by atoms with Gasteiger partial charge in [0.25, 0.3) is 0 Å². The first-order valence-electron chi connectivity index (χ1n) is 4.58. The van der Waals surface area contributed by atoms with Crippen LogP contribution in [0.4, 0.5) is 0 Å². The Labute approximate surface area is 83.7 Å². The Morgan fingerprint density at radius 3 is 3.08 bits per heavy atom. The Morgan fingerprint density at radius 1 is 1.69 bits per heavy atom. The number of rotatable bonds is 5. The van der Waals surface area contributed by atoms with Gasteiger partial charge in [0.15, 0.2) is 0 Å². The van der Waals surface area contributed by atoms with Gasteiger partial charge in [-0.2, -0.15) is 11.8 Å². The third kappa shape index (κ3) is 3.04. The lowest BCUT2D eigenvalue weighted by Gasteiger charge is -2.08. The number of aromatic nitrogens is 2. The molecule has 13 heavy (non-hydrogen) atoms. The normalized spacial score (nSPS) is 13.2. The molecule has 2 N–H and O–H groups in total. The van der Waals surface area contributed by atoms with Crippen molar-refractivity contribution in [1.29, 1.82) is 0 Å². The maximum atomic E-state index is 5.54. The molecule has 0 saturated heterocycles. The van der Waals surface area contributed by atoms with Crippen LogP contribution in [-0.2, 0) is 12.3 Å². The maximum Gasteiger partial charge on any atom is 0.0948 e. The van der Waals surface area contributed by atoms with Crippen LogP contribution in [0.5, 0.6) is 0 Å². The minimum absolute atomic E-state index is 0.528. The molecule has 0 aliphatic heterocycles. The van der Waals surface area contributed by atoms with Crippen molar-refractivity contribution in [2.24, 2.45) is 5.73 Å². The minimum Gasteiger partial charge on any atom is -0.334 e. The van der Waals surface area contributed by atoms with E-state index in [4.69, 9.17) is 5.73 Å². The number of nitrogens with two attached hydrogens (primary N) is 1. The summed E-state index contributed by atoms with van der Waals surface area (Å²) in [7, 11) is 0. The highest BCUT2D eigenvalue weighted by atomic mass is 32.2. The van der Waals surface area contributed by atoms with Gasteiger partial charge in [-0.1, -0.05) is 6.92 Å². The first-order valence-corrected chi connectivity index (χ1v) is 5.63. The lowest BCUT2D eigenvalue weighted by Crippen LogP contribution is -2.13. The summed E-state index contributed by atoms with van der Waals surface area (Å²) in [4.78, 5) is 4.12. The van der Waals surface area contributed by atoms with Crippen LogP contribution in [0.25, 0.3) is 0 Å². The fourth-order valence-electron chi connectivity index (χ4n) is 1.05. The first-order chi connectivity index (χ1) is 6.27. The zero-order chi connectivity index (χ0) is 9.68. The molecule has 1 aromatic heterocycles. The predicted octanol–water partition coefficient (Wildman–Crippen LogP) is 1.48. The van der Waals surface area contributed by atoms with Crippen LogP contribution >= 0.6 is 11.8 Å². The van der Waals surface area contributed by atoms with E-state index in [1.54, 1.807) is 0 Å². The molecule has 3 nitrogen and oxygen atoms in total. The molecule has 1 unspecified atom stereocenters. The minimum atomic E-state index is 0.528. The van der Waals surface area contributed by atoms with Crippen LogP contribution in [-0.4, -0.2) is 21.3 Å². The molecule has 0 aliphatic rings. The maximum absolute atomic E-state index is 5.54. The molecule has 0 aromatic carbocycles. The highest BCUT2D eigenvalue weighted by molar-refractivity contribution is 7.99. The van der Waals surface area contributed by atoms with Gasteiger partial charge in [0.2, 0.25) is 0 Å². The molecule has 1 heterocycles. The number of nitrogens with zero attached hydrogens (tertiary/aromatic N) is 2. The van der Waals surface area contributed by atoms with Crippen molar-refractivity contribution in [1.82, 2.24) is 9.55 Å².